The van der Waals surface area contributed by atoms with E-state index in [2.05, 4.69) is 10.6 Å². The van der Waals surface area contributed by atoms with Gasteiger partial charge in [-0.3, -0.25) is 9.59 Å². The van der Waals surface area contributed by atoms with Crippen molar-refractivity contribution in [3.8, 4) is 0 Å². The van der Waals surface area contributed by atoms with Gasteiger partial charge in [-0.25, -0.2) is 4.79 Å². The van der Waals surface area contributed by atoms with Crippen LogP contribution < -0.4 is 10.6 Å². The van der Waals surface area contributed by atoms with Gasteiger partial charge in [0, 0.05) is 37.4 Å². The second kappa shape index (κ2) is 10.1. The Morgan fingerprint density at radius 3 is 2.13 bits per heavy atom. The molecule has 7 nitrogen and oxygen atoms in total. The lowest BCUT2D eigenvalue weighted by molar-refractivity contribution is -0.135. The van der Waals surface area contributed by atoms with Gasteiger partial charge in [0.15, 0.2) is 0 Å². The summed E-state index contributed by atoms with van der Waals surface area (Å²) in [7, 11) is 0. The quantitative estimate of drug-likeness (QED) is 0.777. The molecule has 1 heterocycles. The van der Waals surface area contributed by atoms with Crippen LogP contribution in [0.25, 0.3) is 0 Å². The standard InChI is InChI=1S/C24H30N4O3/c1-17(2)21(26-22(29)19-9-5-4-6-10-19)23(30)27-12-14-28(15-13-27)24(31)25-20-11-7-8-18(3)16-20/h4-11,16-17,21H,12-15H2,1-3H3,(H,25,31)(H,26,29). The molecule has 1 unspecified atom stereocenters. The van der Waals surface area contributed by atoms with Gasteiger partial charge in [0.1, 0.15) is 6.04 Å². The van der Waals surface area contributed by atoms with Crippen LogP contribution in [-0.2, 0) is 4.79 Å². The Kier molecular flexibility index (Phi) is 7.28. The van der Waals surface area contributed by atoms with Crippen LogP contribution in [0.1, 0.15) is 29.8 Å². The van der Waals surface area contributed by atoms with E-state index in [9.17, 15) is 14.4 Å². The van der Waals surface area contributed by atoms with E-state index in [-0.39, 0.29) is 23.8 Å². The van der Waals surface area contributed by atoms with Crippen molar-refractivity contribution in [1.82, 2.24) is 15.1 Å². The number of hydrogen-bond donors (Lipinski definition) is 2. The summed E-state index contributed by atoms with van der Waals surface area (Å²) >= 11 is 0. The van der Waals surface area contributed by atoms with Crippen LogP contribution in [-0.4, -0.2) is 59.9 Å². The molecule has 1 saturated heterocycles. The van der Waals surface area contributed by atoms with Gasteiger partial charge >= 0.3 is 6.03 Å². The Labute approximate surface area is 183 Å². The molecule has 1 aliphatic heterocycles. The molecule has 0 aromatic heterocycles. The predicted molar refractivity (Wildman–Crippen MR) is 121 cm³/mol. The molecule has 0 radical (unpaired) electrons. The summed E-state index contributed by atoms with van der Waals surface area (Å²) in [6.07, 6.45) is 0. The largest absolute Gasteiger partial charge is 0.340 e. The third-order valence-corrected chi connectivity index (χ3v) is 5.40. The van der Waals surface area contributed by atoms with Crippen molar-refractivity contribution in [2.75, 3.05) is 31.5 Å². The van der Waals surface area contributed by atoms with E-state index in [4.69, 9.17) is 0 Å². The fourth-order valence-corrected chi connectivity index (χ4v) is 3.58. The fourth-order valence-electron chi connectivity index (χ4n) is 3.58. The summed E-state index contributed by atoms with van der Waals surface area (Å²) in [5.41, 5.74) is 2.36. The second-order valence-corrected chi connectivity index (χ2v) is 8.17. The molecule has 2 N–H and O–H groups in total. The van der Waals surface area contributed by atoms with Crippen molar-refractivity contribution in [1.29, 1.82) is 0 Å². The average molecular weight is 423 g/mol. The Morgan fingerprint density at radius 1 is 0.871 bits per heavy atom. The summed E-state index contributed by atoms with van der Waals surface area (Å²) in [5.74, 6) is -0.426. The molecular formula is C24H30N4O3. The minimum Gasteiger partial charge on any atom is -0.340 e. The van der Waals surface area contributed by atoms with Gasteiger partial charge < -0.3 is 20.4 Å². The third kappa shape index (κ3) is 5.84. The van der Waals surface area contributed by atoms with Crippen LogP contribution in [0.15, 0.2) is 54.6 Å². The number of anilines is 1. The maximum Gasteiger partial charge on any atom is 0.321 e. The summed E-state index contributed by atoms with van der Waals surface area (Å²) in [6, 6.07) is 15.7. The van der Waals surface area contributed by atoms with Crippen LogP contribution in [0.5, 0.6) is 0 Å². The molecule has 4 amide bonds. The first-order valence-electron chi connectivity index (χ1n) is 10.6. The van der Waals surface area contributed by atoms with Crippen molar-refractivity contribution in [2.45, 2.75) is 26.8 Å². The molecule has 1 fully saturated rings. The number of carbonyl (C=O) groups is 3. The summed E-state index contributed by atoms with van der Waals surface area (Å²) in [4.78, 5) is 41.6. The number of carbonyl (C=O) groups excluding carboxylic acids is 3. The highest BCUT2D eigenvalue weighted by molar-refractivity contribution is 5.97. The number of nitrogens with zero attached hydrogens (tertiary/aromatic N) is 2. The summed E-state index contributed by atoms with van der Waals surface area (Å²) in [5, 5.41) is 5.79. The summed E-state index contributed by atoms with van der Waals surface area (Å²) in [6.45, 7) is 7.57. The van der Waals surface area contributed by atoms with E-state index >= 15 is 0 Å². The highest BCUT2D eigenvalue weighted by Gasteiger charge is 2.31. The molecule has 0 aliphatic carbocycles. The van der Waals surface area contributed by atoms with Gasteiger partial charge in [0.25, 0.3) is 5.91 Å². The van der Waals surface area contributed by atoms with E-state index in [1.54, 1.807) is 34.1 Å². The Morgan fingerprint density at radius 2 is 1.52 bits per heavy atom. The lowest BCUT2D eigenvalue weighted by Crippen LogP contribution is -2.57. The number of piperazine rings is 1. The number of benzene rings is 2. The topological polar surface area (TPSA) is 81.8 Å². The van der Waals surface area contributed by atoms with Crippen LogP contribution in [0.3, 0.4) is 0 Å². The molecule has 0 bridgehead atoms. The van der Waals surface area contributed by atoms with Gasteiger partial charge in [-0.05, 0) is 42.7 Å². The molecule has 1 atom stereocenters. The maximum absolute atomic E-state index is 13.1. The molecule has 3 rings (SSSR count). The highest BCUT2D eigenvalue weighted by atomic mass is 16.2. The van der Waals surface area contributed by atoms with Crippen LogP contribution in [0.2, 0.25) is 0 Å². The Hall–Kier alpha value is -3.35. The van der Waals surface area contributed by atoms with Crippen LogP contribution in [0.4, 0.5) is 10.5 Å². The molecule has 7 heteroatoms. The monoisotopic (exact) mass is 422 g/mol. The van der Waals surface area contributed by atoms with Crippen molar-refractivity contribution < 1.29 is 14.4 Å². The lowest BCUT2D eigenvalue weighted by atomic mass is 10.0. The third-order valence-electron chi connectivity index (χ3n) is 5.40. The zero-order chi connectivity index (χ0) is 22.4. The first-order chi connectivity index (χ1) is 14.8. The molecule has 2 aromatic carbocycles. The van der Waals surface area contributed by atoms with E-state index in [0.29, 0.717) is 31.7 Å². The number of aryl methyl sites for hydroxylation is 1. The van der Waals surface area contributed by atoms with Crippen LogP contribution >= 0.6 is 0 Å². The number of nitrogens with one attached hydrogen (secondary N) is 2. The lowest BCUT2D eigenvalue weighted by Gasteiger charge is -2.37. The highest BCUT2D eigenvalue weighted by Crippen LogP contribution is 2.14. The maximum atomic E-state index is 13.1. The van der Waals surface area contributed by atoms with E-state index in [0.717, 1.165) is 11.3 Å². The van der Waals surface area contributed by atoms with Crippen molar-refractivity contribution >= 4 is 23.5 Å². The zero-order valence-electron chi connectivity index (χ0n) is 18.3. The Bertz CT molecular complexity index is 921. The smallest absolute Gasteiger partial charge is 0.321 e. The number of hydrogen-bond acceptors (Lipinski definition) is 3. The Balaban J connectivity index is 1.56. The molecule has 0 saturated carbocycles. The molecule has 0 spiro atoms. The number of urea groups is 1. The molecule has 1 aliphatic rings. The van der Waals surface area contributed by atoms with Gasteiger partial charge in [0.2, 0.25) is 5.91 Å². The van der Waals surface area contributed by atoms with E-state index in [1.165, 1.54) is 0 Å². The second-order valence-electron chi connectivity index (χ2n) is 8.17. The van der Waals surface area contributed by atoms with Gasteiger partial charge in [-0.15, -0.1) is 0 Å². The normalized spacial score (nSPS) is 14.8. The van der Waals surface area contributed by atoms with Crippen molar-refractivity contribution in [3.63, 3.8) is 0 Å². The molecule has 164 valence electrons. The zero-order valence-corrected chi connectivity index (χ0v) is 18.3. The van der Waals surface area contributed by atoms with Crippen molar-refractivity contribution in [2.24, 2.45) is 5.92 Å². The molecule has 2 aromatic rings. The minimum absolute atomic E-state index is 0.0530. The predicted octanol–water partition coefficient (Wildman–Crippen LogP) is 3.13. The molecule has 31 heavy (non-hydrogen) atoms. The first-order valence-corrected chi connectivity index (χ1v) is 10.6. The molecular weight excluding hydrogens is 392 g/mol. The minimum atomic E-state index is -0.611. The first kappa shape index (κ1) is 22.3. The van der Waals surface area contributed by atoms with Gasteiger partial charge in [-0.1, -0.05) is 44.2 Å². The number of rotatable bonds is 5. The van der Waals surface area contributed by atoms with Gasteiger partial charge in [-0.2, -0.15) is 0 Å². The van der Waals surface area contributed by atoms with E-state index < -0.39 is 6.04 Å². The van der Waals surface area contributed by atoms with E-state index in [1.807, 2.05) is 51.1 Å². The average Bonchev–Trinajstić information content (AvgIpc) is 2.77. The summed E-state index contributed by atoms with van der Waals surface area (Å²) < 4.78 is 0. The number of amides is 4. The van der Waals surface area contributed by atoms with Gasteiger partial charge in [0.05, 0.1) is 0 Å². The SMILES string of the molecule is Cc1cccc(NC(=O)N2CCN(C(=O)C(NC(=O)c3ccccc3)C(C)C)CC2)c1. The fraction of sp³-hybridized carbons (Fsp3) is 0.375. The van der Waals surface area contributed by atoms with Crippen LogP contribution in [0, 0.1) is 12.8 Å². The van der Waals surface area contributed by atoms with Crippen molar-refractivity contribution in [3.05, 3.63) is 65.7 Å².